The van der Waals surface area contributed by atoms with Gasteiger partial charge in [0.1, 0.15) is 6.04 Å². The van der Waals surface area contributed by atoms with E-state index >= 15 is 0 Å². The highest BCUT2D eigenvalue weighted by atomic mass is 19.4. The molecule has 134 valence electrons. The molecule has 0 aromatic heterocycles. The first-order chi connectivity index (χ1) is 11.2. The third kappa shape index (κ3) is 5.86. The highest BCUT2D eigenvalue weighted by molar-refractivity contribution is 5.97. The second kappa shape index (κ2) is 8.70. The van der Waals surface area contributed by atoms with Gasteiger partial charge in [-0.2, -0.15) is 13.2 Å². The molecule has 1 unspecified atom stereocenters. The summed E-state index contributed by atoms with van der Waals surface area (Å²) in [5.74, 6) is -0.835. The van der Waals surface area contributed by atoms with Crippen LogP contribution in [0, 0.1) is 5.92 Å². The van der Waals surface area contributed by atoms with E-state index in [9.17, 15) is 22.8 Å². The molecule has 0 heterocycles. The van der Waals surface area contributed by atoms with E-state index in [1.807, 2.05) is 13.8 Å². The summed E-state index contributed by atoms with van der Waals surface area (Å²) >= 11 is 0. The predicted octanol–water partition coefficient (Wildman–Crippen LogP) is 3.38. The lowest BCUT2D eigenvalue weighted by molar-refractivity contribution is -0.137. The molecule has 1 aromatic carbocycles. The second-order valence-electron chi connectivity index (χ2n) is 5.75. The van der Waals surface area contributed by atoms with Crippen molar-refractivity contribution in [1.29, 1.82) is 0 Å². The number of nitrogens with one attached hydrogen (secondary N) is 2. The number of carbonyl (C=O) groups excluding carboxylic acids is 2. The zero-order valence-corrected chi connectivity index (χ0v) is 14.0. The fourth-order valence-corrected chi connectivity index (χ4v) is 2.18. The maximum atomic E-state index is 12.7. The number of likely N-dealkylation sites (N-methyl/N-ethyl adjacent to an activating group) is 1. The summed E-state index contributed by atoms with van der Waals surface area (Å²) in [5.41, 5.74) is -1.02. The molecule has 0 aliphatic rings. The Hall–Kier alpha value is -2.05. The maximum absolute atomic E-state index is 12.7. The number of halogens is 3. The summed E-state index contributed by atoms with van der Waals surface area (Å²) in [7, 11) is 0. The van der Waals surface area contributed by atoms with E-state index in [4.69, 9.17) is 0 Å². The van der Waals surface area contributed by atoms with Crippen molar-refractivity contribution in [2.75, 3.05) is 6.54 Å². The Morgan fingerprint density at radius 2 is 1.88 bits per heavy atom. The van der Waals surface area contributed by atoms with Crippen molar-refractivity contribution < 1.29 is 22.8 Å². The first-order valence-corrected chi connectivity index (χ1v) is 7.94. The summed E-state index contributed by atoms with van der Waals surface area (Å²) < 4.78 is 38.2. The largest absolute Gasteiger partial charge is 0.416 e. The van der Waals surface area contributed by atoms with E-state index in [2.05, 4.69) is 10.6 Å². The lowest BCUT2D eigenvalue weighted by Gasteiger charge is -2.21. The zero-order valence-electron chi connectivity index (χ0n) is 14.0. The Balaban J connectivity index is 2.93. The normalized spacial score (nSPS) is 13.9. The fourth-order valence-electron chi connectivity index (χ4n) is 2.18. The van der Waals surface area contributed by atoms with Crippen LogP contribution in [-0.4, -0.2) is 24.4 Å². The van der Waals surface area contributed by atoms with Crippen LogP contribution in [0.2, 0.25) is 0 Å². The van der Waals surface area contributed by atoms with Crippen molar-refractivity contribution in [2.24, 2.45) is 5.92 Å². The highest BCUT2D eigenvalue weighted by Crippen LogP contribution is 2.29. The van der Waals surface area contributed by atoms with Gasteiger partial charge in [-0.05, 0) is 37.5 Å². The molecule has 0 fully saturated rings. The van der Waals surface area contributed by atoms with Gasteiger partial charge in [0.15, 0.2) is 0 Å². The summed E-state index contributed by atoms with van der Waals surface area (Å²) in [6, 6.07) is 3.38. The van der Waals surface area contributed by atoms with Gasteiger partial charge >= 0.3 is 6.18 Å². The molecule has 0 aliphatic carbocycles. The third-order valence-electron chi connectivity index (χ3n) is 3.76. The molecular formula is C17H23F3N2O2. The van der Waals surface area contributed by atoms with Crippen LogP contribution >= 0.6 is 0 Å². The van der Waals surface area contributed by atoms with Gasteiger partial charge in [0.25, 0.3) is 5.91 Å². The van der Waals surface area contributed by atoms with Crippen LogP contribution < -0.4 is 10.6 Å². The standard InChI is InChI=1S/C17H23F3N2O2/c1-4-11(3)9-14(16(24)21-5-2)22-15(23)12-7-6-8-13(10-12)17(18,19)20/h6-8,10-11,14H,4-5,9H2,1-3H3,(H,21,24)(H,22,23)/t11?,14-/m0/s1. The van der Waals surface area contributed by atoms with Crippen molar-refractivity contribution in [1.82, 2.24) is 10.6 Å². The summed E-state index contributed by atoms with van der Waals surface area (Å²) in [4.78, 5) is 24.3. The molecule has 0 bridgehead atoms. The number of benzene rings is 1. The molecule has 1 rings (SSSR count). The molecule has 0 aliphatic heterocycles. The monoisotopic (exact) mass is 344 g/mol. The molecular weight excluding hydrogens is 321 g/mol. The van der Waals surface area contributed by atoms with E-state index in [0.29, 0.717) is 13.0 Å². The van der Waals surface area contributed by atoms with E-state index in [1.165, 1.54) is 12.1 Å². The molecule has 2 N–H and O–H groups in total. The van der Waals surface area contributed by atoms with Gasteiger partial charge in [0, 0.05) is 12.1 Å². The van der Waals surface area contributed by atoms with Crippen molar-refractivity contribution >= 4 is 11.8 Å². The summed E-state index contributed by atoms with van der Waals surface area (Å²) in [5, 5.41) is 5.18. The number of amides is 2. The van der Waals surface area contributed by atoms with Crippen molar-refractivity contribution in [3.05, 3.63) is 35.4 Å². The van der Waals surface area contributed by atoms with Crippen LogP contribution in [-0.2, 0) is 11.0 Å². The number of hydrogen-bond acceptors (Lipinski definition) is 2. The Morgan fingerprint density at radius 1 is 1.21 bits per heavy atom. The first-order valence-electron chi connectivity index (χ1n) is 7.94. The van der Waals surface area contributed by atoms with Crippen LogP contribution in [0.25, 0.3) is 0 Å². The minimum atomic E-state index is -4.52. The van der Waals surface area contributed by atoms with Crippen LogP contribution in [0.1, 0.15) is 49.5 Å². The minimum Gasteiger partial charge on any atom is -0.355 e. The molecule has 0 spiro atoms. The van der Waals surface area contributed by atoms with Gasteiger partial charge in [-0.25, -0.2) is 0 Å². The second-order valence-corrected chi connectivity index (χ2v) is 5.75. The Kier molecular flexibility index (Phi) is 7.25. The van der Waals surface area contributed by atoms with Gasteiger partial charge in [0.05, 0.1) is 5.56 Å². The fraction of sp³-hybridized carbons (Fsp3) is 0.529. The zero-order chi connectivity index (χ0) is 18.3. The molecule has 0 saturated heterocycles. The molecule has 4 nitrogen and oxygen atoms in total. The molecule has 0 radical (unpaired) electrons. The number of rotatable bonds is 7. The van der Waals surface area contributed by atoms with E-state index in [0.717, 1.165) is 18.6 Å². The van der Waals surface area contributed by atoms with Crippen molar-refractivity contribution in [2.45, 2.75) is 45.8 Å². The van der Waals surface area contributed by atoms with Gasteiger partial charge in [-0.15, -0.1) is 0 Å². The van der Waals surface area contributed by atoms with Crippen LogP contribution in [0.4, 0.5) is 13.2 Å². The molecule has 24 heavy (non-hydrogen) atoms. The molecule has 0 saturated carbocycles. The smallest absolute Gasteiger partial charge is 0.355 e. The Bertz CT molecular complexity index is 573. The Labute approximate surface area is 139 Å². The highest BCUT2D eigenvalue weighted by Gasteiger charge is 2.31. The third-order valence-corrected chi connectivity index (χ3v) is 3.76. The van der Waals surface area contributed by atoms with Crippen molar-refractivity contribution in [3.63, 3.8) is 0 Å². The van der Waals surface area contributed by atoms with Gasteiger partial charge in [0.2, 0.25) is 5.91 Å². The lowest BCUT2D eigenvalue weighted by Crippen LogP contribution is -2.47. The number of hydrogen-bond donors (Lipinski definition) is 2. The maximum Gasteiger partial charge on any atom is 0.416 e. The minimum absolute atomic E-state index is 0.122. The topological polar surface area (TPSA) is 58.2 Å². The van der Waals surface area contributed by atoms with Crippen LogP contribution in [0.3, 0.4) is 0 Å². The quantitative estimate of drug-likeness (QED) is 0.797. The summed E-state index contributed by atoms with van der Waals surface area (Å²) in [6.45, 7) is 6.08. The van der Waals surface area contributed by atoms with Crippen LogP contribution in [0.15, 0.2) is 24.3 Å². The molecule has 1 aromatic rings. The number of carbonyl (C=O) groups is 2. The predicted molar refractivity (Wildman–Crippen MR) is 85.5 cm³/mol. The molecule has 2 amide bonds. The van der Waals surface area contributed by atoms with E-state index in [-0.39, 0.29) is 17.4 Å². The van der Waals surface area contributed by atoms with E-state index < -0.39 is 23.7 Å². The van der Waals surface area contributed by atoms with Crippen LogP contribution in [0.5, 0.6) is 0 Å². The molecule has 2 atom stereocenters. The SMILES string of the molecule is CCNC(=O)[C@H](CC(C)CC)NC(=O)c1cccc(C(F)(F)F)c1. The summed E-state index contributed by atoms with van der Waals surface area (Å²) in [6.07, 6.45) is -3.27. The van der Waals surface area contributed by atoms with Gasteiger partial charge in [-0.3, -0.25) is 9.59 Å². The average molecular weight is 344 g/mol. The van der Waals surface area contributed by atoms with Gasteiger partial charge < -0.3 is 10.6 Å². The average Bonchev–Trinajstić information content (AvgIpc) is 2.53. The van der Waals surface area contributed by atoms with Crippen molar-refractivity contribution in [3.8, 4) is 0 Å². The van der Waals surface area contributed by atoms with Gasteiger partial charge in [-0.1, -0.05) is 26.3 Å². The molecule has 7 heteroatoms. The lowest BCUT2D eigenvalue weighted by atomic mass is 9.98. The van der Waals surface area contributed by atoms with E-state index in [1.54, 1.807) is 6.92 Å². The number of alkyl halides is 3. The Morgan fingerprint density at radius 3 is 2.42 bits per heavy atom. The first kappa shape index (κ1) is 20.0.